The second-order valence-electron chi connectivity index (χ2n) is 23.6. The van der Waals surface area contributed by atoms with Gasteiger partial charge in [-0.15, -0.1) is 0 Å². The summed E-state index contributed by atoms with van der Waals surface area (Å²) in [7, 11) is 0. The van der Waals surface area contributed by atoms with Crippen LogP contribution in [0.5, 0.6) is 0 Å². The fourth-order valence-electron chi connectivity index (χ4n) is 14.9. The molecule has 2 nitrogen and oxygen atoms in total. The van der Waals surface area contributed by atoms with Crippen molar-refractivity contribution >= 4 is 34.1 Å². The number of anilines is 6. The van der Waals surface area contributed by atoms with E-state index in [2.05, 4.69) is 317 Å². The molecule has 2 heteroatoms. The summed E-state index contributed by atoms with van der Waals surface area (Å²) in [6, 6.07) is 105. The Labute approximate surface area is 475 Å². The Morgan fingerprint density at radius 1 is 0.198 bits per heavy atom. The number of hydrogen-bond donors (Lipinski definition) is 0. The molecule has 384 valence electrons. The van der Waals surface area contributed by atoms with E-state index in [0.717, 1.165) is 34.1 Å². The minimum atomic E-state index is -0.544. The van der Waals surface area contributed by atoms with Crippen LogP contribution in [0.25, 0.3) is 66.8 Å². The lowest BCUT2D eigenvalue weighted by atomic mass is 9.70. The minimum absolute atomic E-state index is 0.173. The average molecular weight is 1040 g/mol. The first kappa shape index (κ1) is 47.3. The summed E-state index contributed by atoms with van der Waals surface area (Å²) in [5, 5.41) is 0. The maximum atomic E-state index is 2.51. The monoisotopic (exact) mass is 1030 g/mol. The molecule has 0 saturated heterocycles. The van der Waals surface area contributed by atoms with Crippen molar-refractivity contribution in [3.8, 4) is 66.8 Å². The van der Waals surface area contributed by atoms with Crippen LogP contribution in [-0.2, 0) is 16.2 Å². The summed E-state index contributed by atoms with van der Waals surface area (Å²) < 4.78 is 0. The van der Waals surface area contributed by atoms with Crippen molar-refractivity contribution < 1.29 is 0 Å². The molecule has 81 heavy (non-hydrogen) atoms. The summed E-state index contributed by atoms with van der Waals surface area (Å²) in [6.45, 7) is 9.52. The second kappa shape index (κ2) is 17.6. The zero-order chi connectivity index (χ0) is 54.2. The number of nitrogens with zero attached hydrogens (tertiary/aromatic N) is 2. The Morgan fingerprint density at radius 3 is 0.914 bits per heavy atom. The zero-order valence-corrected chi connectivity index (χ0v) is 46.0. The van der Waals surface area contributed by atoms with Crippen LogP contribution >= 0.6 is 0 Å². The molecule has 0 aliphatic heterocycles. The number of hydrogen-bond acceptors (Lipinski definition) is 2. The summed E-state index contributed by atoms with van der Waals surface area (Å²) in [5.41, 5.74) is 31.5. The van der Waals surface area contributed by atoms with Gasteiger partial charge in [0, 0.05) is 45.0 Å². The standard InChI is InChI=1S/C79H58N2/c1-77(2)69-33-15-11-29-61(69)65-41-37-59(49-75(65)77)80(55-27-19-25-53(45-55)51-21-7-5-8-22-51)57-39-43-73-67(47-57)68-48-58(40-44-74(68)79(73)71-35-17-13-31-63(71)64-32-14-18-36-72(64)79)81(56-28-20-26-54(46-56)52-23-9-6-10-24-52)60-38-42-66-62-30-12-16-34-70(62)78(3,4)76(66)50-60/h5-50H,1-4H3. The molecule has 0 aromatic heterocycles. The number of rotatable bonds is 8. The summed E-state index contributed by atoms with van der Waals surface area (Å²) >= 11 is 0. The molecular formula is C79H58N2. The lowest BCUT2D eigenvalue weighted by Gasteiger charge is -2.32. The van der Waals surface area contributed by atoms with Gasteiger partial charge in [0.1, 0.15) is 0 Å². The molecule has 0 amide bonds. The van der Waals surface area contributed by atoms with Crippen LogP contribution < -0.4 is 9.80 Å². The van der Waals surface area contributed by atoms with Gasteiger partial charge in [-0.25, -0.2) is 0 Å². The van der Waals surface area contributed by atoms with Gasteiger partial charge < -0.3 is 9.80 Å². The summed E-state index contributed by atoms with van der Waals surface area (Å²) in [5.74, 6) is 0. The molecule has 1 spiro atoms. The predicted molar refractivity (Wildman–Crippen MR) is 338 cm³/mol. The van der Waals surface area contributed by atoms with E-state index in [1.54, 1.807) is 0 Å². The minimum Gasteiger partial charge on any atom is -0.310 e. The molecule has 4 aliphatic rings. The van der Waals surface area contributed by atoms with Crippen LogP contribution in [-0.4, -0.2) is 0 Å². The molecule has 0 radical (unpaired) electrons. The first-order valence-corrected chi connectivity index (χ1v) is 28.6. The topological polar surface area (TPSA) is 6.48 Å². The van der Waals surface area contributed by atoms with Crippen molar-refractivity contribution in [3.05, 3.63) is 324 Å². The highest BCUT2D eigenvalue weighted by atomic mass is 15.1. The molecular weight excluding hydrogens is 977 g/mol. The SMILES string of the molecule is CC1(C)c2ccccc2-c2ccc(N(c3cccc(-c4ccccc4)c3)c3ccc4c(c3)-c3cc(N(c5cccc(-c6ccccc6)c5)c5ccc6c(c5)C(C)(C)c5ccccc5-6)ccc3C43c4ccccc4-c4ccccc43)cc21. The van der Waals surface area contributed by atoms with Crippen molar-refractivity contribution in [2.24, 2.45) is 0 Å². The van der Waals surface area contributed by atoms with Gasteiger partial charge in [0.25, 0.3) is 0 Å². The highest BCUT2D eigenvalue weighted by Crippen LogP contribution is 2.64. The van der Waals surface area contributed by atoms with Gasteiger partial charge in [-0.05, 0) is 184 Å². The molecule has 12 aromatic carbocycles. The van der Waals surface area contributed by atoms with Gasteiger partial charge in [0.05, 0.1) is 5.41 Å². The van der Waals surface area contributed by atoms with Crippen LogP contribution in [0.1, 0.15) is 72.2 Å². The van der Waals surface area contributed by atoms with Gasteiger partial charge in [-0.2, -0.15) is 0 Å². The molecule has 4 aliphatic carbocycles. The third-order valence-corrected chi connectivity index (χ3v) is 18.6. The smallest absolute Gasteiger partial charge is 0.0725 e. The van der Waals surface area contributed by atoms with Crippen LogP contribution in [0.2, 0.25) is 0 Å². The second-order valence-corrected chi connectivity index (χ2v) is 23.6. The number of fused-ring (bicyclic) bond motifs is 16. The van der Waals surface area contributed by atoms with Crippen molar-refractivity contribution in [1.29, 1.82) is 0 Å². The highest BCUT2D eigenvalue weighted by molar-refractivity contribution is 5.99. The lowest BCUT2D eigenvalue weighted by Crippen LogP contribution is -2.26. The van der Waals surface area contributed by atoms with Crippen molar-refractivity contribution in [2.75, 3.05) is 9.80 Å². The lowest BCUT2D eigenvalue weighted by molar-refractivity contribution is 0.660. The quantitative estimate of drug-likeness (QED) is 0.150. The van der Waals surface area contributed by atoms with Crippen LogP contribution in [0.15, 0.2) is 279 Å². The average Bonchev–Trinajstić information content (AvgIpc) is 3.99. The molecule has 0 saturated carbocycles. The third kappa shape index (κ3) is 6.87. The Balaban J connectivity index is 0.941. The Hall–Kier alpha value is -9.76. The van der Waals surface area contributed by atoms with Gasteiger partial charge in [0.2, 0.25) is 0 Å². The van der Waals surface area contributed by atoms with Gasteiger partial charge in [-0.1, -0.05) is 234 Å². The molecule has 0 N–H and O–H groups in total. The van der Waals surface area contributed by atoms with Gasteiger partial charge >= 0.3 is 0 Å². The molecule has 0 fully saturated rings. The highest BCUT2D eigenvalue weighted by Gasteiger charge is 2.52. The first-order chi connectivity index (χ1) is 39.7. The van der Waals surface area contributed by atoms with E-state index in [-0.39, 0.29) is 10.8 Å². The maximum absolute atomic E-state index is 2.51. The molecule has 0 atom stereocenters. The van der Waals surface area contributed by atoms with E-state index in [9.17, 15) is 0 Å². The first-order valence-electron chi connectivity index (χ1n) is 28.6. The maximum Gasteiger partial charge on any atom is 0.0725 e. The molecule has 16 rings (SSSR count). The van der Waals surface area contributed by atoms with Gasteiger partial charge in [0.15, 0.2) is 0 Å². The van der Waals surface area contributed by atoms with E-state index >= 15 is 0 Å². The fraction of sp³-hybridized carbons (Fsp3) is 0.0886. The fourth-order valence-corrected chi connectivity index (χ4v) is 14.9. The molecule has 0 heterocycles. The van der Waals surface area contributed by atoms with Crippen molar-refractivity contribution in [2.45, 2.75) is 43.9 Å². The summed E-state index contributed by atoms with van der Waals surface area (Å²) in [4.78, 5) is 5.01. The Bertz CT molecular complexity index is 4250. The zero-order valence-electron chi connectivity index (χ0n) is 46.0. The normalized spacial score (nSPS) is 14.5. The van der Waals surface area contributed by atoms with E-state index in [4.69, 9.17) is 0 Å². The van der Waals surface area contributed by atoms with Crippen molar-refractivity contribution in [1.82, 2.24) is 0 Å². The van der Waals surface area contributed by atoms with E-state index < -0.39 is 5.41 Å². The largest absolute Gasteiger partial charge is 0.310 e. The van der Waals surface area contributed by atoms with E-state index in [1.165, 1.54) is 111 Å². The third-order valence-electron chi connectivity index (χ3n) is 18.6. The van der Waals surface area contributed by atoms with Gasteiger partial charge in [-0.3, -0.25) is 0 Å². The van der Waals surface area contributed by atoms with Crippen LogP contribution in [0.3, 0.4) is 0 Å². The van der Waals surface area contributed by atoms with Crippen molar-refractivity contribution in [3.63, 3.8) is 0 Å². The van der Waals surface area contributed by atoms with Crippen LogP contribution in [0, 0.1) is 0 Å². The predicted octanol–water partition coefficient (Wildman–Crippen LogP) is 20.9. The Kier molecular flexibility index (Phi) is 10.3. The molecule has 0 bridgehead atoms. The molecule has 0 unspecified atom stereocenters. The number of benzene rings is 12. The summed E-state index contributed by atoms with van der Waals surface area (Å²) in [6.07, 6.45) is 0. The van der Waals surface area contributed by atoms with E-state index in [0.29, 0.717) is 0 Å². The molecule has 12 aromatic rings. The van der Waals surface area contributed by atoms with Crippen LogP contribution in [0.4, 0.5) is 34.1 Å². The van der Waals surface area contributed by atoms with E-state index in [1.807, 2.05) is 0 Å². The Morgan fingerprint density at radius 2 is 0.494 bits per heavy atom.